The number of halogens is 1. The van der Waals surface area contributed by atoms with E-state index in [0.29, 0.717) is 37.3 Å². The number of carbonyl (C=O) groups excluding carboxylic acids is 1. The minimum Gasteiger partial charge on any atom is -0.383 e. The number of hydrogen-bond donors (Lipinski definition) is 2. The van der Waals surface area contributed by atoms with E-state index in [-0.39, 0.29) is 5.91 Å². The Hall–Kier alpha value is -2.88. The zero-order chi connectivity index (χ0) is 26.1. The molecule has 202 valence electrons. The molecule has 2 aromatic heterocycles. The fourth-order valence-electron chi connectivity index (χ4n) is 5.53. The SMILES string of the molecule is COCCN1CCN(c2ccc(-c3nc4c(NC5CCN(CC6CC6)CC5)c(Cl)cnc4[nH]3)cc2)CC1=O. The highest BCUT2D eigenvalue weighted by atomic mass is 35.5. The Labute approximate surface area is 228 Å². The van der Waals surface area contributed by atoms with Gasteiger partial charge < -0.3 is 29.7 Å². The number of imidazole rings is 1. The van der Waals surface area contributed by atoms with Crippen molar-refractivity contribution in [3.8, 4) is 11.4 Å². The zero-order valence-electron chi connectivity index (χ0n) is 22.0. The first-order valence-electron chi connectivity index (χ1n) is 13.7. The minimum atomic E-state index is 0.131. The van der Waals surface area contributed by atoms with Crippen molar-refractivity contribution in [2.45, 2.75) is 31.7 Å². The molecule has 2 aliphatic heterocycles. The van der Waals surface area contributed by atoms with E-state index in [4.69, 9.17) is 21.3 Å². The largest absolute Gasteiger partial charge is 0.383 e. The number of nitrogens with one attached hydrogen (secondary N) is 2. The van der Waals surface area contributed by atoms with Crippen LogP contribution >= 0.6 is 11.6 Å². The molecule has 38 heavy (non-hydrogen) atoms. The van der Waals surface area contributed by atoms with Crippen molar-refractivity contribution in [2.75, 3.05) is 69.7 Å². The second-order valence-electron chi connectivity index (χ2n) is 10.8. The van der Waals surface area contributed by atoms with E-state index in [1.54, 1.807) is 13.3 Å². The molecule has 3 aliphatic rings. The molecule has 0 spiro atoms. The molecule has 0 atom stereocenters. The van der Waals surface area contributed by atoms with Crippen molar-refractivity contribution in [1.82, 2.24) is 24.8 Å². The molecule has 0 radical (unpaired) electrons. The molecule has 2 N–H and O–H groups in total. The third-order valence-corrected chi connectivity index (χ3v) is 8.29. The van der Waals surface area contributed by atoms with Gasteiger partial charge in [0.25, 0.3) is 0 Å². The summed E-state index contributed by atoms with van der Waals surface area (Å²) in [4.78, 5) is 31.9. The summed E-state index contributed by atoms with van der Waals surface area (Å²) in [6, 6.07) is 8.56. The molecule has 3 aromatic rings. The first-order chi connectivity index (χ1) is 18.6. The summed E-state index contributed by atoms with van der Waals surface area (Å²) < 4.78 is 5.12. The van der Waals surface area contributed by atoms with Crippen LogP contribution in [0.3, 0.4) is 0 Å². The lowest BCUT2D eigenvalue weighted by Gasteiger charge is -2.35. The number of aromatic amines is 1. The van der Waals surface area contributed by atoms with E-state index >= 15 is 0 Å². The molecule has 9 nitrogen and oxygen atoms in total. The highest BCUT2D eigenvalue weighted by Gasteiger charge is 2.28. The number of carbonyl (C=O) groups is 1. The molecular formula is C28H36ClN7O2. The molecule has 10 heteroatoms. The van der Waals surface area contributed by atoms with E-state index in [1.807, 2.05) is 17.0 Å². The van der Waals surface area contributed by atoms with Gasteiger partial charge in [0.05, 0.1) is 30.1 Å². The number of ether oxygens (including phenoxy) is 1. The van der Waals surface area contributed by atoms with Crippen LogP contribution in [0.5, 0.6) is 0 Å². The van der Waals surface area contributed by atoms with Gasteiger partial charge in [0, 0.05) is 63.7 Å². The number of likely N-dealkylation sites (tertiary alicyclic amines) is 1. The summed E-state index contributed by atoms with van der Waals surface area (Å²) in [5.74, 6) is 1.82. The van der Waals surface area contributed by atoms with Gasteiger partial charge in [-0.05, 0) is 55.9 Å². The minimum absolute atomic E-state index is 0.131. The smallest absolute Gasteiger partial charge is 0.242 e. The Morgan fingerprint density at radius 3 is 2.61 bits per heavy atom. The Kier molecular flexibility index (Phi) is 7.41. The molecule has 1 aliphatic carbocycles. The lowest BCUT2D eigenvalue weighted by atomic mass is 10.0. The van der Waals surface area contributed by atoms with Gasteiger partial charge in [0.15, 0.2) is 5.65 Å². The fraction of sp³-hybridized carbons (Fsp3) is 0.536. The average Bonchev–Trinajstić information content (AvgIpc) is 3.65. The van der Waals surface area contributed by atoms with Gasteiger partial charge in [-0.15, -0.1) is 0 Å². The second-order valence-corrected chi connectivity index (χ2v) is 11.2. The number of amides is 1. The number of piperazine rings is 1. The molecule has 1 saturated carbocycles. The van der Waals surface area contributed by atoms with E-state index in [1.165, 1.54) is 19.4 Å². The van der Waals surface area contributed by atoms with Crippen molar-refractivity contribution in [1.29, 1.82) is 0 Å². The van der Waals surface area contributed by atoms with Gasteiger partial charge in [-0.2, -0.15) is 0 Å². The molecule has 2 saturated heterocycles. The van der Waals surface area contributed by atoms with Crippen molar-refractivity contribution in [3.05, 3.63) is 35.5 Å². The molecule has 3 fully saturated rings. The Morgan fingerprint density at radius 1 is 1.11 bits per heavy atom. The predicted molar refractivity (Wildman–Crippen MR) is 151 cm³/mol. The Morgan fingerprint density at radius 2 is 1.89 bits per heavy atom. The molecule has 0 unspecified atom stereocenters. The van der Waals surface area contributed by atoms with Crippen LogP contribution in [0.2, 0.25) is 5.02 Å². The Bertz CT molecular complexity index is 1270. The number of rotatable bonds is 9. The van der Waals surface area contributed by atoms with Gasteiger partial charge in [-0.3, -0.25) is 4.79 Å². The quantitative estimate of drug-likeness (QED) is 0.428. The number of anilines is 2. The first-order valence-corrected chi connectivity index (χ1v) is 14.1. The number of aromatic nitrogens is 3. The summed E-state index contributed by atoms with van der Waals surface area (Å²) >= 11 is 6.61. The molecule has 4 heterocycles. The summed E-state index contributed by atoms with van der Waals surface area (Å²) in [5, 5.41) is 4.29. The van der Waals surface area contributed by atoms with Gasteiger partial charge in [0.1, 0.15) is 11.3 Å². The van der Waals surface area contributed by atoms with Crippen LogP contribution < -0.4 is 10.2 Å². The predicted octanol–water partition coefficient (Wildman–Crippen LogP) is 3.86. The van der Waals surface area contributed by atoms with Crippen molar-refractivity contribution in [3.63, 3.8) is 0 Å². The van der Waals surface area contributed by atoms with Crippen LogP contribution in [0.25, 0.3) is 22.6 Å². The van der Waals surface area contributed by atoms with Gasteiger partial charge in [0.2, 0.25) is 5.91 Å². The van der Waals surface area contributed by atoms with Crippen LogP contribution in [0.1, 0.15) is 25.7 Å². The van der Waals surface area contributed by atoms with E-state index in [0.717, 1.165) is 72.3 Å². The summed E-state index contributed by atoms with van der Waals surface area (Å²) in [6.45, 7) is 6.61. The van der Waals surface area contributed by atoms with Crippen molar-refractivity contribution >= 4 is 40.0 Å². The standard InChI is InChI=1S/C28H36ClN7O2/c1-38-15-14-35-12-13-36(18-24(35)37)22-6-4-20(5-7-22)27-32-26-25(23(29)16-30-28(26)33-27)31-21-8-10-34(11-9-21)17-19-2-3-19/h4-7,16,19,21H,2-3,8-15,17-18H2,1H3,(H2,30,31,32,33). The Balaban J connectivity index is 1.13. The highest BCUT2D eigenvalue weighted by Crippen LogP contribution is 2.34. The molecule has 0 bridgehead atoms. The van der Waals surface area contributed by atoms with Crippen LogP contribution in [0.4, 0.5) is 11.4 Å². The molecule has 6 rings (SSSR count). The molecule has 1 aromatic carbocycles. The summed E-state index contributed by atoms with van der Waals surface area (Å²) in [7, 11) is 1.66. The summed E-state index contributed by atoms with van der Waals surface area (Å²) in [5.41, 5.74) is 4.35. The van der Waals surface area contributed by atoms with E-state index in [9.17, 15) is 4.79 Å². The third kappa shape index (κ3) is 5.60. The van der Waals surface area contributed by atoms with Crippen LogP contribution in [-0.4, -0.2) is 96.2 Å². The zero-order valence-corrected chi connectivity index (χ0v) is 22.7. The van der Waals surface area contributed by atoms with E-state index < -0.39 is 0 Å². The maximum atomic E-state index is 12.5. The number of benzene rings is 1. The van der Waals surface area contributed by atoms with Gasteiger partial charge in [-0.1, -0.05) is 11.6 Å². The maximum absolute atomic E-state index is 12.5. The summed E-state index contributed by atoms with van der Waals surface area (Å²) in [6.07, 6.45) is 6.71. The number of nitrogens with zero attached hydrogens (tertiary/aromatic N) is 5. The van der Waals surface area contributed by atoms with Gasteiger partial charge in [-0.25, -0.2) is 9.97 Å². The first kappa shape index (κ1) is 25.4. The molecule has 1 amide bonds. The second kappa shape index (κ2) is 11.1. The lowest BCUT2D eigenvalue weighted by molar-refractivity contribution is -0.131. The number of piperidine rings is 1. The number of H-pyrrole nitrogens is 1. The van der Waals surface area contributed by atoms with Crippen LogP contribution in [0.15, 0.2) is 30.5 Å². The van der Waals surface area contributed by atoms with Crippen molar-refractivity contribution < 1.29 is 9.53 Å². The maximum Gasteiger partial charge on any atom is 0.242 e. The van der Waals surface area contributed by atoms with Crippen LogP contribution in [-0.2, 0) is 9.53 Å². The number of pyridine rings is 1. The van der Waals surface area contributed by atoms with Gasteiger partial charge >= 0.3 is 0 Å². The number of fused-ring (bicyclic) bond motifs is 1. The highest BCUT2D eigenvalue weighted by molar-refractivity contribution is 6.34. The van der Waals surface area contributed by atoms with E-state index in [2.05, 4.69) is 37.2 Å². The van der Waals surface area contributed by atoms with Crippen LogP contribution in [0, 0.1) is 5.92 Å². The fourth-order valence-corrected chi connectivity index (χ4v) is 5.72. The lowest BCUT2D eigenvalue weighted by Crippen LogP contribution is -2.51. The monoisotopic (exact) mass is 537 g/mol. The molecular weight excluding hydrogens is 502 g/mol. The third-order valence-electron chi connectivity index (χ3n) is 8.01. The average molecular weight is 538 g/mol. The number of hydrogen-bond acceptors (Lipinski definition) is 7. The normalized spacial score (nSPS) is 19.5. The van der Waals surface area contributed by atoms with Crippen molar-refractivity contribution in [2.24, 2.45) is 5.92 Å². The number of methoxy groups -OCH3 is 1. The topological polar surface area (TPSA) is 89.6 Å².